The smallest absolute Gasteiger partial charge is 0.321 e. The average molecular weight is 487 g/mol. The lowest BCUT2D eigenvalue weighted by Crippen LogP contribution is -2.70. The molecule has 0 amide bonds. The molecule has 4 rings (SSSR count). The van der Waals surface area contributed by atoms with Gasteiger partial charge in [0.15, 0.2) is 22.8 Å². The van der Waals surface area contributed by atoms with Crippen molar-refractivity contribution in [2.24, 2.45) is 28.6 Å². The van der Waals surface area contributed by atoms with Gasteiger partial charge in [-0.1, -0.05) is 25.5 Å². The van der Waals surface area contributed by atoms with Gasteiger partial charge >= 0.3 is 5.97 Å². The van der Waals surface area contributed by atoms with Crippen molar-refractivity contribution in [1.82, 2.24) is 0 Å². The second-order valence-corrected chi connectivity index (χ2v) is 10.8. The molecule has 0 aromatic rings. The summed E-state index contributed by atoms with van der Waals surface area (Å²) in [5, 5.41) is 11.4. The molecule has 0 spiro atoms. The minimum Gasteiger partial charge on any atom is -0.449 e. The van der Waals surface area contributed by atoms with Crippen LogP contribution in [0.4, 0.5) is 4.39 Å². The lowest BCUT2D eigenvalue weighted by Gasteiger charge is -2.62. The average Bonchev–Trinajstić information content (AvgIpc) is 2.96. The van der Waals surface area contributed by atoms with Crippen LogP contribution in [0.25, 0.3) is 0 Å². The van der Waals surface area contributed by atoms with E-state index in [0.29, 0.717) is 24.8 Å². The Labute approximate surface area is 197 Å². The summed E-state index contributed by atoms with van der Waals surface area (Å²) in [6, 6.07) is 0. The summed E-state index contributed by atoms with van der Waals surface area (Å²) in [5.74, 6) is -3.47. The van der Waals surface area contributed by atoms with E-state index in [4.69, 9.17) is 27.9 Å². The minimum absolute atomic E-state index is 0.0716. The van der Waals surface area contributed by atoms with Gasteiger partial charge in [0.2, 0.25) is 0 Å². The summed E-state index contributed by atoms with van der Waals surface area (Å²) in [4.78, 5) is 37.5. The zero-order valence-corrected chi connectivity index (χ0v) is 20.0. The van der Waals surface area contributed by atoms with Crippen LogP contribution in [-0.2, 0) is 19.1 Å². The summed E-state index contributed by atoms with van der Waals surface area (Å²) >= 11 is 11.7. The molecule has 4 aliphatic rings. The number of rotatable bonds is 4. The van der Waals surface area contributed by atoms with Crippen LogP contribution in [0.1, 0.15) is 46.5 Å². The SMILES string of the molecule is C[C@H]1C[C@H]2[C@@H]3CCC4=CC(=O)C=C[C@]4(C)[C@@]3(F)[C@@H](O)C[C@]2(C)[C@@]1(OC(=O)CCl)C(=O)CCl. The van der Waals surface area contributed by atoms with Crippen LogP contribution in [0, 0.1) is 28.6 Å². The Morgan fingerprint density at radius 1 is 1.25 bits per heavy atom. The molecule has 32 heavy (non-hydrogen) atoms. The largest absolute Gasteiger partial charge is 0.449 e. The number of alkyl halides is 3. The molecule has 3 saturated carbocycles. The second kappa shape index (κ2) is 7.64. The molecule has 1 N–H and O–H groups in total. The molecule has 4 aliphatic carbocycles. The molecule has 0 aliphatic heterocycles. The van der Waals surface area contributed by atoms with Gasteiger partial charge < -0.3 is 9.84 Å². The molecular weight excluding hydrogens is 458 g/mol. The predicted octanol–water partition coefficient (Wildman–Crippen LogP) is 3.93. The third-order valence-corrected chi connectivity index (χ3v) is 9.56. The van der Waals surface area contributed by atoms with Gasteiger partial charge in [0.25, 0.3) is 0 Å². The Morgan fingerprint density at radius 3 is 2.56 bits per heavy atom. The molecule has 0 aromatic heterocycles. The van der Waals surface area contributed by atoms with E-state index in [-0.39, 0.29) is 24.0 Å². The number of Topliss-reactive ketones (excluding diaryl/α,β-unsaturated/α-hetero) is 1. The standard InChI is InChI=1S/C24H29Cl2FO5/c1-13-8-17-16-5-4-14-9-15(28)6-7-21(14,2)23(16,27)18(29)10-22(17,3)24(13,19(30)11-25)32-20(31)12-26/h6-7,9,13,16-18,29H,4-5,8,10-12H2,1-3H3/t13-,16-,17-,18-,21-,22-,23-,24-/m0/s1. The quantitative estimate of drug-likeness (QED) is 0.480. The first-order chi connectivity index (χ1) is 14.9. The number of ether oxygens (including phenoxy) is 1. The third-order valence-electron chi connectivity index (χ3n) is 9.10. The summed E-state index contributed by atoms with van der Waals surface area (Å²) in [6.45, 7) is 5.36. The first-order valence-corrected chi connectivity index (χ1v) is 12.2. The fraction of sp³-hybridized carbons (Fsp3) is 0.708. The summed E-state index contributed by atoms with van der Waals surface area (Å²) < 4.78 is 22.9. The van der Waals surface area contributed by atoms with Crippen LogP contribution in [0.5, 0.6) is 0 Å². The molecule has 0 aromatic carbocycles. The van der Waals surface area contributed by atoms with Gasteiger partial charge in [-0.25, -0.2) is 4.39 Å². The van der Waals surface area contributed by atoms with Gasteiger partial charge in [-0.15, -0.1) is 23.2 Å². The summed E-state index contributed by atoms with van der Waals surface area (Å²) in [6.07, 6.45) is 4.35. The van der Waals surface area contributed by atoms with Crippen molar-refractivity contribution in [1.29, 1.82) is 0 Å². The van der Waals surface area contributed by atoms with E-state index in [9.17, 15) is 19.5 Å². The van der Waals surface area contributed by atoms with Gasteiger partial charge in [-0.05, 0) is 50.7 Å². The van der Waals surface area contributed by atoms with Crippen LogP contribution >= 0.6 is 23.2 Å². The van der Waals surface area contributed by atoms with E-state index in [2.05, 4.69) is 0 Å². The Kier molecular flexibility index (Phi) is 5.71. The van der Waals surface area contributed by atoms with E-state index in [1.165, 1.54) is 12.2 Å². The second-order valence-electron chi connectivity index (χ2n) is 10.3. The molecular formula is C24H29Cl2FO5. The molecule has 0 bridgehead atoms. The van der Waals surface area contributed by atoms with Crippen molar-refractivity contribution >= 4 is 40.7 Å². The third kappa shape index (κ3) is 2.75. The molecule has 176 valence electrons. The Hall–Kier alpha value is -1.24. The number of fused-ring (bicyclic) bond motifs is 5. The fourth-order valence-corrected chi connectivity index (χ4v) is 7.96. The van der Waals surface area contributed by atoms with Gasteiger partial charge in [-0.3, -0.25) is 14.4 Å². The maximum atomic E-state index is 17.2. The highest BCUT2D eigenvalue weighted by Crippen LogP contribution is 2.71. The van der Waals surface area contributed by atoms with Crippen LogP contribution < -0.4 is 0 Å². The molecule has 8 heteroatoms. The van der Waals surface area contributed by atoms with Crippen molar-refractivity contribution in [3.8, 4) is 0 Å². The van der Waals surface area contributed by atoms with Crippen LogP contribution in [0.2, 0.25) is 0 Å². The highest BCUT2D eigenvalue weighted by Gasteiger charge is 2.77. The monoisotopic (exact) mass is 486 g/mol. The van der Waals surface area contributed by atoms with Gasteiger partial charge in [0, 0.05) is 22.7 Å². The fourth-order valence-electron chi connectivity index (χ4n) is 7.70. The van der Waals surface area contributed by atoms with Crippen LogP contribution in [0.15, 0.2) is 23.8 Å². The number of carbonyl (C=O) groups is 3. The first-order valence-electron chi connectivity index (χ1n) is 11.1. The zero-order valence-electron chi connectivity index (χ0n) is 18.5. The molecule has 0 unspecified atom stereocenters. The Bertz CT molecular complexity index is 933. The number of hydrogen-bond acceptors (Lipinski definition) is 5. The number of halogens is 3. The molecule has 0 saturated heterocycles. The van der Waals surface area contributed by atoms with Gasteiger partial charge in [0.05, 0.1) is 12.0 Å². The van der Waals surface area contributed by atoms with E-state index >= 15 is 4.39 Å². The van der Waals surface area contributed by atoms with Crippen molar-refractivity contribution in [2.45, 2.75) is 63.8 Å². The number of hydrogen-bond donors (Lipinski definition) is 1. The Balaban J connectivity index is 1.85. The lowest BCUT2D eigenvalue weighted by atomic mass is 9.44. The summed E-state index contributed by atoms with van der Waals surface area (Å²) in [7, 11) is 0. The molecule has 8 atom stereocenters. The maximum Gasteiger partial charge on any atom is 0.321 e. The number of aliphatic hydroxyl groups is 1. The predicted molar refractivity (Wildman–Crippen MR) is 118 cm³/mol. The number of allylic oxidation sites excluding steroid dienone is 4. The molecule has 0 radical (unpaired) electrons. The van der Waals surface area contributed by atoms with Crippen molar-refractivity contribution in [3.05, 3.63) is 23.8 Å². The number of aliphatic hydroxyl groups excluding tert-OH is 1. The van der Waals surface area contributed by atoms with Gasteiger partial charge in [-0.2, -0.15) is 0 Å². The number of esters is 1. The van der Waals surface area contributed by atoms with E-state index in [1.54, 1.807) is 13.0 Å². The van der Waals surface area contributed by atoms with Crippen LogP contribution in [0.3, 0.4) is 0 Å². The summed E-state index contributed by atoms with van der Waals surface area (Å²) in [5.41, 5.74) is -5.04. The number of ketones is 2. The topological polar surface area (TPSA) is 80.7 Å². The zero-order chi connectivity index (χ0) is 23.7. The minimum atomic E-state index is -2.02. The molecule has 0 heterocycles. The number of carbonyl (C=O) groups excluding carboxylic acids is 3. The van der Waals surface area contributed by atoms with Gasteiger partial charge in [0.1, 0.15) is 5.88 Å². The van der Waals surface area contributed by atoms with E-state index in [0.717, 1.165) is 0 Å². The highest BCUT2D eigenvalue weighted by atomic mass is 35.5. The van der Waals surface area contributed by atoms with Crippen molar-refractivity contribution in [2.75, 3.05) is 11.8 Å². The van der Waals surface area contributed by atoms with Crippen molar-refractivity contribution in [3.63, 3.8) is 0 Å². The highest BCUT2D eigenvalue weighted by molar-refractivity contribution is 6.29. The molecule has 5 nitrogen and oxygen atoms in total. The normalized spacial score (nSPS) is 47.2. The van der Waals surface area contributed by atoms with Crippen molar-refractivity contribution < 1.29 is 28.6 Å². The Morgan fingerprint density at radius 2 is 1.94 bits per heavy atom. The first kappa shape index (κ1) is 23.9. The van der Waals surface area contributed by atoms with E-state index < -0.39 is 57.7 Å². The van der Waals surface area contributed by atoms with Crippen LogP contribution in [-0.4, -0.2) is 51.8 Å². The molecule has 3 fully saturated rings. The maximum absolute atomic E-state index is 17.2. The lowest BCUT2D eigenvalue weighted by molar-refractivity contribution is -0.226. The van der Waals surface area contributed by atoms with E-state index in [1.807, 2.05) is 13.8 Å².